The third-order valence-corrected chi connectivity index (χ3v) is 4.00. The van der Waals surface area contributed by atoms with E-state index >= 15 is 0 Å². The quantitative estimate of drug-likeness (QED) is 0.796. The van der Waals surface area contributed by atoms with Crippen LogP contribution in [0.25, 0.3) is 0 Å². The van der Waals surface area contributed by atoms with Gasteiger partial charge in [0.25, 0.3) is 0 Å². The van der Waals surface area contributed by atoms with Crippen molar-refractivity contribution in [3.05, 3.63) is 45.9 Å². The van der Waals surface area contributed by atoms with Gasteiger partial charge in [-0.15, -0.1) is 5.10 Å². The Morgan fingerprint density at radius 3 is 2.62 bits per heavy atom. The molecule has 1 aromatic carbocycles. The van der Waals surface area contributed by atoms with Gasteiger partial charge in [0.1, 0.15) is 0 Å². The third-order valence-electron chi connectivity index (χ3n) is 3.04. The summed E-state index contributed by atoms with van der Waals surface area (Å²) >= 11 is 1.02. The van der Waals surface area contributed by atoms with Crippen LogP contribution in [0.4, 0.5) is 0 Å². The summed E-state index contributed by atoms with van der Waals surface area (Å²) in [6, 6.07) is 8.02. The van der Waals surface area contributed by atoms with Crippen LogP contribution in [0.2, 0.25) is 0 Å². The van der Waals surface area contributed by atoms with Crippen LogP contribution in [0.1, 0.15) is 30.9 Å². The molecule has 1 aromatic heterocycles. The van der Waals surface area contributed by atoms with Crippen molar-refractivity contribution in [1.29, 1.82) is 0 Å². The van der Waals surface area contributed by atoms with E-state index in [1.165, 1.54) is 10.1 Å². The van der Waals surface area contributed by atoms with Crippen molar-refractivity contribution < 1.29 is 9.90 Å². The molecule has 1 heterocycles. The van der Waals surface area contributed by atoms with Gasteiger partial charge in [-0.05, 0) is 17.0 Å². The fraction of sp³-hybridized carbons (Fsp3) is 0.357. The molecule has 6 nitrogen and oxygen atoms in total. The van der Waals surface area contributed by atoms with E-state index in [1.54, 1.807) is 0 Å². The molecule has 7 heteroatoms. The normalized spacial score (nSPS) is 11.0. The maximum atomic E-state index is 11.7. The van der Waals surface area contributed by atoms with Gasteiger partial charge < -0.3 is 5.11 Å². The number of nitrogens with one attached hydrogen (secondary N) is 1. The first kappa shape index (κ1) is 15.4. The SMILES string of the molecule is CC(C)c1ccc(Cn2c(SCC(=O)O)n[nH]c2=O)cc1. The van der Waals surface area contributed by atoms with E-state index in [2.05, 4.69) is 24.0 Å². The predicted octanol–water partition coefficient (Wildman–Crippen LogP) is 1.92. The fourth-order valence-electron chi connectivity index (χ4n) is 1.87. The summed E-state index contributed by atoms with van der Waals surface area (Å²) in [6.45, 7) is 4.61. The van der Waals surface area contributed by atoms with Crippen molar-refractivity contribution in [3.63, 3.8) is 0 Å². The molecule has 0 saturated heterocycles. The highest BCUT2D eigenvalue weighted by Gasteiger charge is 2.11. The van der Waals surface area contributed by atoms with E-state index in [4.69, 9.17) is 5.11 Å². The molecule has 0 fully saturated rings. The second kappa shape index (κ2) is 6.62. The lowest BCUT2D eigenvalue weighted by molar-refractivity contribution is -0.133. The van der Waals surface area contributed by atoms with E-state index in [-0.39, 0.29) is 11.4 Å². The lowest BCUT2D eigenvalue weighted by Gasteiger charge is -2.08. The third kappa shape index (κ3) is 3.98. The molecule has 0 aliphatic rings. The second-order valence-electron chi connectivity index (χ2n) is 4.98. The number of carbonyl (C=O) groups is 1. The molecule has 112 valence electrons. The van der Waals surface area contributed by atoms with Crippen LogP contribution in [0, 0.1) is 0 Å². The Labute approximate surface area is 126 Å². The minimum atomic E-state index is -0.941. The summed E-state index contributed by atoms with van der Waals surface area (Å²) in [5, 5.41) is 15.3. The van der Waals surface area contributed by atoms with Crippen LogP contribution in [-0.4, -0.2) is 31.6 Å². The number of H-pyrrole nitrogens is 1. The number of rotatable bonds is 6. The molecule has 0 aliphatic heterocycles. The van der Waals surface area contributed by atoms with Crippen LogP contribution < -0.4 is 5.69 Å². The number of aliphatic carboxylic acids is 1. The Bertz CT molecular complexity index is 674. The van der Waals surface area contributed by atoms with Gasteiger partial charge in [-0.25, -0.2) is 9.89 Å². The molecule has 21 heavy (non-hydrogen) atoms. The van der Waals surface area contributed by atoms with Gasteiger partial charge in [-0.1, -0.05) is 49.9 Å². The van der Waals surface area contributed by atoms with Gasteiger partial charge in [0.15, 0.2) is 5.16 Å². The smallest absolute Gasteiger partial charge is 0.344 e. The zero-order valence-corrected chi connectivity index (χ0v) is 12.7. The summed E-state index contributed by atoms with van der Waals surface area (Å²) < 4.78 is 1.44. The van der Waals surface area contributed by atoms with Gasteiger partial charge in [0, 0.05) is 0 Å². The Kier molecular flexibility index (Phi) is 4.85. The molecule has 0 radical (unpaired) electrons. The van der Waals surface area contributed by atoms with Gasteiger partial charge in [0.05, 0.1) is 12.3 Å². The maximum Gasteiger partial charge on any atom is 0.344 e. The standard InChI is InChI=1S/C14H17N3O3S/c1-9(2)11-5-3-10(4-6-11)7-17-13(20)15-16-14(17)21-8-12(18)19/h3-6,9H,7-8H2,1-2H3,(H,15,20)(H,18,19). The summed E-state index contributed by atoms with van der Waals surface area (Å²) in [6.07, 6.45) is 0. The highest BCUT2D eigenvalue weighted by atomic mass is 32.2. The van der Waals surface area contributed by atoms with Crippen LogP contribution in [0.3, 0.4) is 0 Å². The molecule has 2 aromatic rings. The highest BCUT2D eigenvalue weighted by Crippen LogP contribution is 2.17. The lowest BCUT2D eigenvalue weighted by Crippen LogP contribution is -2.18. The molecule has 0 aliphatic carbocycles. The number of aromatic amines is 1. The van der Waals surface area contributed by atoms with Crippen molar-refractivity contribution in [2.75, 3.05) is 5.75 Å². The van der Waals surface area contributed by atoms with Crippen molar-refractivity contribution in [1.82, 2.24) is 14.8 Å². The number of benzene rings is 1. The molecular weight excluding hydrogens is 290 g/mol. The molecule has 0 unspecified atom stereocenters. The first-order valence-corrected chi connectivity index (χ1v) is 7.54. The number of nitrogens with zero attached hydrogens (tertiary/aromatic N) is 2. The van der Waals surface area contributed by atoms with Gasteiger partial charge in [0.2, 0.25) is 0 Å². The summed E-state index contributed by atoms with van der Waals surface area (Å²) in [5.74, 6) is -0.614. The monoisotopic (exact) mass is 307 g/mol. The van der Waals surface area contributed by atoms with E-state index in [0.717, 1.165) is 17.3 Å². The number of aromatic nitrogens is 3. The van der Waals surface area contributed by atoms with Crippen LogP contribution in [0.5, 0.6) is 0 Å². The minimum absolute atomic E-state index is 0.128. The molecule has 2 N–H and O–H groups in total. The van der Waals surface area contributed by atoms with Crippen LogP contribution in [0.15, 0.2) is 34.2 Å². The summed E-state index contributed by atoms with van der Waals surface area (Å²) in [4.78, 5) is 22.4. The molecular formula is C14H17N3O3S. The Morgan fingerprint density at radius 1 is 1.38 bits per heavy atom. The Morgan fingerprint density at radius 2 is 2.05 bits per heavy atom. The first-order valence-electron chi connectivity index (χ1n) is 6.56. The van der Waals surface area contributed by atoms with Crippen molar-refractivity contribution >= 4 is 17.7 Å². The second-order valence-corrected chi connectivity index (χ2v) is 5.92. The number of hydrogen-bond acceptors (Lipinski definition) is 4. The number of carboxylic acid groups (broad SMARTS) is 1. The van der Waals surface area contributed by atoms with E-state index < -0.39 is 5.97 Å². The molecule has 0 saturated carbocycles. The van der Waals surface area contributed by atoms with Crippen LogP contribution in [-0.2, 0) is 11.3 Å². The molecule has 2 rings (SSSR count). The maximum absolute atomic E-state index is 11.7. The number of hydrogen-bond donors (Lipinski definition) is 2. The molecule has 0 bridgehead atoms. The molecule has 0 atom stereocenters. The van der Waals surface area contributed by atoms with Crippen molar-refractivity contribution in [2.24, 2.45) is 0 Å². The Hall–Kier alpha value is -2.02. The van der Waals surface area contributed by atoms with E-state index in [9.17, 15) is 9.59 Å². The van der Waals surface area contributed by atoms with E-state index in [0.29, 0.717) is 17.6 Å². The highest BCUT2D eigenvalue weighted by molar-refractivity contribution is 7.99. The first-order chi connectivity index (χ1) is 9.97. The topological polar surface area (TPSA) is 88.0 Å². The van der Waals surface area contributed by atoms with Gasteiger partial charge in [-0.2, -0.15) is 0 Å². The fourth-order valence-corrected chi connectivity index (χ4v) is 2.54. The molecule has 0 amide bonds. The largest absolute Gasteiger partial charge is 0.481 e. The zero-order chi connectivity index (χ0) is 15.4. The van der Waals surface area contributed by atoms with Crippen LogP contribution >= 0.6 is 11.8 Å². The minimum Gasteiger partial charge on any atom is -0.481 e. The lowest BCUT2D eigenvalue weighted by atomic mass is 10.0. The van der Waals surface area contributed by atoms with Gasteiger partial charge >= 0.3 is 11.7 Å². The number of carboxylic acids is 1. The van der Waals surface area contributed by atoms with Crippen molar-refractivity contribution in [2.45, 2.75) is 31.5 Å². The predicted molar refractivity (Wildman–Crippen MR) is 80.8 cm³/mol. The Balaban J connectivity index is 2.17. The average Bonchev–Trinajstić information content (AvgIpc) is 2.78. The summed E-state index contributed by atoms with van der Waals surface area (Å²) in [7, 11) is 0. The molecule has 0 spiro atoms. The zero-order valence-electron chi connectivity index (χ0n) is 11.9. The van der Waals surface area contributed by atoms with E-state index in [1.807, 2.05) is 24.3 Å². The van der Waals surface area contributed by atoms with Crippen molar-refractivity contribution in [3.8, 4) is 0 Å². The van der Waals surface area contributed by atoms with Gasteiger partial charge in [-0.3, -0.25) is 9.36 Å². The number of thioether (sulfide) groups is 1. The average molecular weight is 307 g/mol. The summed E-state index contributed by atoms with van der Waals surface area (Å²) in [5.41, 5.74) is 1.87.